The van der Waals surface area contributed by atoms with E-state index >= 15 is 0 Å². The normalized spacial score (nSPS) is 17.1. The van der Waals surface area contributed by atoms with E-state index < -0.39 is 15.9 Å². The van der Waals surface area contributed by atoms with Crippen LogP contribution in [0.25, 0.3) is 0 Å². The van der Waals surface area contributed by atoms with Crippen LogP contribution in [0.2, 0.25) is 0 Å². The molecule has 1 N–H and O–H groups in total. The Morgan fingerprint density at radius 1 is 1.06 bits per heavy atom. The smallest absolute Gasteiger partial charge is 0.262 e. The van der Waals surface area contributed by atoms with Crippen molar-refractivity contribution in [3.8, 4) is 11.8 Å². The number of morpholine rings is 1. The maximum atomic E-state index is 13.2. The minimum atomic E-state index is -3.72. The lowest BCUT2D eigenvalue weighted by atomic mass is 10.1. The summed E-state index contributed by atoms with van der Waals surface area (Å²) in [5, 5.41) is 12.0. The van der Waals surface area contributed by atoms with Crippen molar-refractivity contribution in [2.45, 2.75) is 24.2 Å². The number of hydrogen-bond acceptors (Lipinski definition) is 7. The molecule has 2 aromatic carbocycles. The standard InChI is InChI=1S/C24H28N4O5S/c25-17-19-6-2-3-7-23(19)33-18-24(29)26-21-16-20(34(30,31)28-12-14-32-15-13-28)8-9-22(21)27-10-4-1-5-11-27/h2-3,6-9,16H,1,4-5,10-15,18H2,(H,26,29). The van der Waals surface area contributed by atoms with Gasteiger partial charge in [-0.2, -0.15) is 9.57 Å². The van der Waals surface area contributed by atoms with Gasteiger partial charge < -0.3 is 19.7 Å². The first kappa shape index (κ1) is 24.0. The van der Waals surface area contributed by atoms with Gasteiger partial charge in [-0.05, 0) is 49.6 Å². The fourth-order valence-corrected chi connectivity index (χ4v) is 5.57. The van der Waals surface area contributed by atoms with Crippen molar-refractivity contribution < 1.29 is 22.7 Å². The molecule has 10 heteroatoms. The Balaban J connectivity index is 1.57. The third-order valence-corrected chi connectivity index (χ3v) is 7.81. The molecule has 0 aromatic heterocycles. The summed E-state index contributed by atoms with van der Waals surface area (Å²) < 4.78 is 38.6. The molecular formula is C24H28N4O5S. The number of hydrogen-bond donors (Lipinski definition) is 1. The van der Waals surface area contributed by atoms with Crippen molar-refractivity contribution in [3.05, 3.63) is 48.0 Å². The van der Waals surface area contributed by atoms with Crippen LogP contribution in [0.15, 0.2) is 47.4 Å². The Labute approximate surface area is 199 Å². The van der Waals surface area contributed by atoms with Gasteiger partial charge in [-0.25, -0.2) is 8.42 Å². The molecule has 9 nitrogen and oxygen atoms in total. The minimum absolute atomic E-state index is 0.126. The number of carbonyl (C=O) groups excluding carboxylic acids is 1. The molecule has 0 unspecified atom stereocenters. The van der Waals surface area contributed by atoms with Gasteiger partial charge in [0, 0.05) is 26.2 Å². The topological polar surface area (TPSA) is 112 Å². The molecular weight excluding hydrogens is 456 g/mol. The van der Waals surface area contributed by atoms with Crippen molar-refractivity contribution in [1.29, 1.82) is 5.26 Å². The number of piperidine rings is 1. The molecule has 0 radical (unpaired) electrons. The van der Waals surface area contributed by atoms with E-state index in [9.17, 15) is 18.5 Å². The van der Waals surface area contributed by atoms with Crippen LogP contribution < -0.4 is 15.0 Å². The number of nitrogens with one attached hydrogen (secondary N) is 1. The van der Waals surface area contributed by atoms with E-state index in [0.717, 1.165) is 38.0 Å². The summed E-state index contributed by atoms with van der Waals surface area (Å²) in [4.78, 5) is 15.1. The van der Waals surface area contributed by atoms with Gasteiger partial charge in [-0.3, -0.25) is 4.79 Å². The van der Waals surface area contributed by atoms with Crippen LogP contribution in [-0.2, 0) is 19.6 Å². The number of nitrogens with zero attached hydrogens (tertiary/aromatic N) is 3. The molecule has 180 valence electrons. The van der Waals surface area contributed by atoms with Gasteiger partial charge in [-0.15, -0.1) is 0 Å². The average molecular weight is 485 g/mol. The van der Waals surface area contributed by atoms with E-state index in [2.05, 4.69) is 10.2 Å². The van der Waals surface area contributed by atoms with Gasteiger partial charge in [0.15, 0.2) is 6.61 Å². The third-order valence-electron chi connectivity index (χ3n) is 5.91. The number of benzene rings is 2. The number of sulfonamides is 1. The van der Waals surface area contributed by atoms with Crippen LogP contribution in [0.5, 0.6) is 5.75 Å². The van der Waals surface area contributed by atoms with E-state index in [0.29, 0.717) is 43.3 Å². The number of anilines is 2. The first-order valence-corrected chi connectivity index (χ1v) is 12.8. The quantitative estimate of drug-likeness (QED) is 0.643. The summed E-state index contributed by atoms with van der Waals surface area (Å²) in [5.41, 5.74) is 1.55. The second-order valence-electron chi connectivity index (χ2n) is 8.19. The molecule has 4 rings (SSSR count). The third kappa shape index (κ3) is 5.50. The van der Waals surface area contributed by atoms with Gasteiger partial charge in [0.1, 0.15) is 11.8 Å². The summed E-state index contributed by atoms with van der Waals surface area (Å²) in [5.74, 6) is -0.119. The largest absolute Gasteiger partial charge is 0.482 e. The highest BCUT2D eigenvalue weighted by atomic mass is 32.2. The van der Waals surface area contributed by atoms with Crippen molar-refractivity contribution in [2.75, 3.05) is 56.2 Å². The number of para-hydroxylation sites is 1. The molecule has 0 bridgehead atoms. The van der Waals surface area contributed by atoms with Crippen LogP contribution >= 0.6 is 0 Å². The number of rotatable bonds is 7. The van der Waals surface area contributed by atoms with Crippen molar-refractivity contribution >= 4 is 27.3 Å². The van der Waals surface area contributed by atoms with E-state index in [4.69, 9.17) is 9.47 Å². The molecule has 2 aromatic rings. The van der Waals surface area contributed by atoms with Crippen molar-refractivity contribution in [3.63, 3.8) is 0 Å². The molecule has 0 saturated carbocycles. The van der Waals surface area contributed by atoms with Gasteiger partial charge in [-0.1, -0.05) is 12.1 Å². The van der Waals surface area contributed by atoms with Crippen molar-refractivity contribution in [1.82, 2.24) is 4.31 Å². The lowest BCUT2D eigenvalue weighted by Gasteiger charge is -2.31. The molecule has 2 fully saturated rings. The Bertz CT molecular complexity index is 1170. The summed E-state index contributed by atoms with van der Waals surface area (Å²) >= 11 is 0. The number of ether oxygens (including phenoxy) is 2. The highest BCUT2D eigenvalue weighted by Gasteiger charge is 2.28. The summed E-state index contributed by atoms with van der Waals surface area (Å²) in [7, 11) is -3.72. The average Bonchev–Trinajstić information content (AvgIpc) is 2.88. The summed E-state index contributed by atoms with van der Waals surface area (Å²) in [6.45, 7) is 2.67. The van der Waals surface area contributed by atoms with Gasteiger partial charge >= 0.3 is 0 Å². The van der Waals surface area contributed by atoms with Crippen LogP contribution in [0.4, 0.5) is 11.4 Å². The summed E-state index contributed by atoms with van der Waals surface area (Å²) in [6, 6.07) is 13.6. The number of nitriles is 1. The molecule has 0 aliphatic carbocycles. The predicted octanol–water partition coefficient (Wildman–Crippen LogP) is 2.59. The van der Waals surface area contributed by atoms with E-state index in [1.54, 1.807) is 36.4 Å². The van der Waals surface area contributed by atoms with E-state index in [-0.39, 0.29) is 11.5 Å². The second kappa shape index (κ2) is 10.9. The Morgan fingerprint density at radius 2 is 1.79 bits per heavy atom. The molecule has 0 atom stereocenters. The Hall–Kier alpha value is -3.13. The highest BCUT2D eigenvalue weighted by Crippen LogP contribution is 2.32. The second-order valence-corrected chi connectivity index (χ2v) is 10.1. The van der Waals surface area contributed by atoms with E-state index in [1.807, 2.05) is 6.07 Å². The van der Waals surface area contributed by atoms with Crippen LogP contribution in [0.3, 0.4) is 0 Å². The predicted molar refractivity (Wildman–Crippen MR) is 127 cm³/mol. The lowest BCUT2D eigenvalue weighted by Crippen LogP contribution is -2.40. The zero-order valence-corrected chi connectivity index (χ0v) is 19.7. The zero-order valence-electron chi connectivity index (χ0n) is 18.9. The molecule has 0 spiro atoms. The monoisotopic (exact) mass is 484 g/mol. The maximum Gasteiger partial charge on any atom is 0.262 e. The molecule has 34 heavy (non-hydrogen) atoms. The van der Waals surface area contributed by atoms with Gasteiger partial charge in [0.25, 0.3) is 5.91 Å². The van der Waals surface area contributed by atoms with Crippen LogP contribution in [-0.4, -0.2) is 64.6 Å². The molecule has 2 aliphatic rings. The highest BCUT2D eigenvalue weighted by molar-refractivity contribution is 7.89. The Kier molecular flexibility index (Phi) is 7.67. The fourth-order valence-electron chi connectivity index (χ4n) is 4.14. The maximum absolute atomic E-state index is 13.2. The molecule has 2 saturated heterocycles. The van der Waals surface area contributed by atoms with Gasteiger partial charge in [0.2, 0.25) is 10.0 Å². The minimum Gasteiger partial charge on any atom is -0.482 e. The molecule has 2 heterocycles. The summed E-state index contributed by atoms with van der Waals surface area (Å²) in [6.07, 6.45) is 3.22. The molecule has 1 amide bonds. The van der Waals surface area contributed by atoms with Gasteiger partial charge in [0.05, 0.1) is 35.0 Å². The number of carbonyl (C=O) groups is 1. The van der Waals surface area contributed by atoms with Crippen molar-refractivity contribution in [2.24, 2.45) is 0 Å². The molecule has 2 aliphatic heterocycles. The fraction of sp³-hybridized carbons (Fsp3) is 0.417. The first-order valence-electron chi connectivity index (χ1n) is 11.4. The van der Waals surface area contributed by atoms with Crippen LogP contribution in [0, 0.1) is 11.3 Å². The lowest BCUT2D eigenvalue weighted by molar-refractivity contribution is -0.118. The number of amides is 1. The first-order chi connectivity index (χ1) is 16.5. The zero-order chi connectivity index (χ0) is 24.0. The Morgan fingerprint density at radius 3 is 2.53 bits per heavy atom. The van der Waals surface area contributed by atoms with E-state index in [1.165, 1.54) is 10.4 Å². The van der Waals surface area contributed by atoms with Crippen LogP contribution in [0.1, 0.15) is 24.8 Å². The SMILES string of the molecule is N#Cc1ccccc1OCC(=O)Nc1cc(S(=O)(=O)N2CCOCC2)ccc1N1CCCCC1.